The van der Waals surface area contributed by atoms with E-state index in [2.05, 4.69) is 5.10 Å². The predicted molar refractivity (Wildman–Crippen MR) is 90.1 cm³/mol. The lowest BCUT2D eigenvalue weighted by Crippen LogP contribution is -2.34. The van der Waals surface area contributed by atoms with Crippen molar-refractivity contribution in [2.45, 2.75) is 31.6 Å². The molecule has 7 heteroatoms. The summed E-state index contributed by atoms with van der Waals surface area (Å²) in [6, 6.07) is 9.24. The Morgan fingerprint density at radius 3 is 2.52 bits per heavy atom. The van der Waals surface area contributed by atoms with Crippen molar-refractivity contribution in [2.75, 3.05) is 4.90 Å². The van der Waals surface area contributed by atoms with E-state index in [1.165, 1.54) is 4.90 Å². The van der Waals surface area contributed by atoms with E-state index in [0.29, 0.717) is 17.4 Å². The molecule has 4 unspecified atom stereocenters. The number of imide groups is 1. The fraction of sp³-hybridized carbons (Fsp3) is 0.389. The van der Waals surface area contributed by atoms with Gasteiger partial charge >= 0.3 is 0 Å². The van der Waals surface area contributed by atoms with Gasteiger partial charge in [0, 0.05) is 17.3 Å². The minimum absolute atomic E-state index is 0.106. The molecular weight excluding hydrogens is 342 g/mol. The molecule has 1 aromatic carbocycles. The van der Waals surface area contributed by atoms with Crippen molar-refractivity contribution < 1.29 is 14.3 Å². The van der Waals surface area contributed by atoms with Gasteiger partial charge in [-0.3, -0.25) is 14.3 Å². The molecule has 5 rings (SSSR count). The highest BCUT2D eigenvalue weighted by molar-refractivity contribution is 6.30. The molecule has 2 aromatic rings. The van der Waals surface area contributed by atoms with Gasteiger partial charge in [0.25, 0.3) is 0 Å². The average molecular weight is 358 g/mol. The van der Waals surface area contributed by atoms with Crippen molar-refractivity contribution in [2.24, 2.45) is 11.8 Å². The zero-order chi connectivity index (χ0) is 17.1. The van der Waals surface area contributed by atoms with Crippen LogP contribution in [0.25, 0.3) is 0 Å². The zero-order valence-corrected chi connectivity index (χ0v) is 14.1. The van der Waals surface area contributed by atoms with Crippen LogP contribution in [0.1, 0.15) is 18.4 Å². The van der Waals surface area contributed by atoms with Crippen molar-refractivity contribution in [3.8, 4) is 0 Å². The van der Waals surface area contributed by atoms with E-state index < -0.39 is 0 Å². The Kier molecular flexibility index (Phi) is 3.27. The van der Waals surface area contributed by atoms with Crippen LogP contribution >= 0.6 is 11.6 Å². The van der Waals surface area contributed by atoms with Gasteiger partial charge in [-0.2, -0.15) is 5.10 Å². The third kappa shape index (κ3) is 2.24. The van der Waals surface area contributed by atoms with E-state index in [1.807, 2.05) is 24.3 Å². The summed E-state index contributed by atoms with van der Waals surface area (Å²) in [5, 5.41) is 5.10. The Morgan fingerprint density at radius 1 is 1.12 bits per heavy atom. The fourth-order valence-corrected chi connectivity index (χ4v) is 4.53. The van der Waals surface area contributed by atoms with E-state index in [1.54, 1.807) is 16.9 Å². The molecule has 0 saturated carbocycles. The number of rotatable bonds is 3. The number of hydrogen-bond donors (Lipinski definition) is 0. The summed E-state index contributed by atoms with van der Waals surface area (Å²) < 4.78 is 7.46. The van der Waals surface area contributed by atoms with Crippen LogP contribution in [0.3, 0.4) is 0 Å². The van der Waals surface area contributed by atoms with Crippen LogP contribution in [-0.2, 0) is 20.9 Å². The maximum Gasteiger partial charge on any atom is 0.241 e. The third-order valence-corrected chi connectivity index (χ3v) is 5.61. The summed E-state index contributed by atoms with van der Waals surface area (Å²) in [6.45, 7) is 0.526. The monoisotopic (exact) mass is 357 g/mol. The Morgan fingerprint density at radius 2 is 1.84 bits per heavy atom. The smallest absolute Gasteiger partial charge is 0.241 e. The summed E-state index contributed by atoms with van der Waals surface area (Å²) in [5.41, 5.74) is 1.00. The van der Waals surface area contributed by atoms with Crippen LogP contribution in [0.15, 0.2) is 36.5 Å². The highest BCUT2D eigenvalue weighted by atomic mass is 35.5. The normalized spacial score (nSPS) is 30.4. The topological polar surface area (TPSA) is 64.4 Å². The lowest BCUT2D eigenvalue weighted by Gasteiger charge is -2.15. The number of ether oxygens (including phenoxy) is 1. The molecule has 4 atom stereocenters. The Hall–Kier alpha value is -2.18. The number of carbonyl (C=O) groups excluding carboxylic acids is 2. The first-order valence-electron chi connectivity index (χ1n) is 8.43. The minimum Gasteiger partial charge on any atom is -0.373 e. The Bertz CT molecular complexity index is 852. The molecule has 3 aliphatic heterocycles. The van der Waals surface area contributed by atoms with Crippen molar-refractivity contribution in [1.29, 1.82) is 0 Å². The summed E-state index contributed by atoms with van der Waals surface area (Å²) in [4.78, 5) is 26.8. The van der Waals surface area contributed by atoms with Gasteiger partial charge in [0.1, 0.15) is 0 Å². The molecule has 3 fully saturated rings. The molecule has 0 aliphatic carbocycles. The van der Waals surface area contributed by atoms with Gasteiger partial charge in [-0.25, -0.2) is 4.90 Å². The molecule has 2 amide bonds. The standard InChI is InChI=1S/C18H16ClN3O3/c19-11-3-1-2-10(8-11)9-21-7-6-14(20-21)22-17(23)15-12-4-5-13(25-12)16(15)18(22)24/h1-3,6-8,12-13,15-16H,4-5,9H2. The van der Waals surface area contributed by atoms with Crippen molar-refractivity contribution in [3.05, 3.63) is 47.1 Å². The van der Waals surface area contributed by atoms with E-state index in [4.69, 9.17) is 16.3 Å². The molecule has 0 radical (unpaired) electrons. The van der Waals surface area contributed by atoms with E-state index in [9.17, 15) is 9.59 Å². The van der Waals surface area contributed by atoms with Crippen LogP contribution in [0.5, 0.6) is 0 Å². The molecule has 4 heterocycles. The second-order valence-corrected chi connectivity index (χ2v) is 7.29. The summed E-state index contributed by atoms with van der Waals surface area (Å²) >= 11 is 6.01. The van der Waals surface area contributed by atoms with Crippen LogP contribution < -0.4 is 4.90 Å². The second kappa shape index (κ2) is 5.41. The van der Waals surface area contributed by atoms with Gasteiger partial charge in [0.15, 0.2) is 5.82 Å². The quantitative estimate of drug-likeness (QED) is 0.790. The lowest BCUT2D eigenvalue weighted by molar-refractivity contribution is -0.124. The van der Waals surface area contributed by atoms with Crippen molar-refractivity contribution in [1.82, 2.24) is 9.78 Å². The first kappa shape index (κ1) is 15.1. The molecule has 0 spiro atoms. The van der Waals surface area contributed by atoms with Crippen molar-refractivity contribution >= 4 is 29.2 Å². The summed E-state index contributed by atoms with van der Waals surface area (Å²) in [7, 11) is 0. The van der Waals surface area contributed by atoms with Crippen LogP contribution in [0.2, 0.25) is 5.02 Å². The number of anilines is 1. The van der Waals surface area contributed by atoms with E-state index in [0.717, 1.165) is 18.4 Å². The maximum absolute atomic E-state index is 12.8. The molecule has 1 aromatic heterocycles. The highest BCUT2D eigenvalue weighted by Crippen LogP contribution is 2.49. The average Bonchev–Trinajstić information content (AvgIpc) is 3.33. The molecule has 6 nitrogen and oxygen atoms in total. The zero-order valence-electron chi connectivity index (χ0n) is 13.3. The molecule has 3 saturated heterocycles. The second-order valence-electron chi connectivity index (χ2n) is 6.86. The van der Waals surface area contributed by atoms with Crippen LogP contribution in [0, 0.1) is 11.8 Å². The number of carbonyl (C=O) groups is 2. The number of benzene rings is 1. The molecule has 25 heavy (non-hydrogen) atoms. The highest BCUT2D eigenvalue weighted by Gasteiger charge is 2.63. The number of hydrogen-bond acceptors (Lipinski definition) is 4. The fourth-order valence-electron chi connectivity index (χ4n) is 4.32. The number of halogens is 1. The van der Waals surface area contributed by atoms with E-state index >= 15 is 0 Å². The predicted octanol–water partition coefficient (Wildman–Crippen LogP) is 2.25. The molecule has 2 bridgehead atoms. The number of nitrogens with zero attached hydrogens (tertiary/aromatic N) is 3. The van der Waals surface area contributed by atoms with Gasteiger partial charge in [-0.15, -0.1) is 0 Å². The van der Waals surface area contributed by atoms with Crippen molar-refractivity contribution in [3.63, 3.8) is 0 Å². The molecular formula is C18H16ClN3O3. The van der Waals surface area contributed by atoms with Gasteiger partial charge in [0.2, 0.25) is 11.8 Å². The Labute approximate surface area is 149 Å². The first-order valence-corrected chi connectivity index (χ1v) is 8.81. The third-order valence-electron chi connectivity index (χ3n) is 5.37. The van der Waals surface area contributed by atoms with Gasteiger partial charge in [-0.1, -0.05) is 23.7 Å². The largest absolute Gasteiger partial charge is 0.373 e. The van der Waals surface area contributed by atoms with Gasteiger partial charge < -0.3 is 4.74 Å². The minimum atomic E-state index is -0.329. The molecule has 3 aliphatic rings. The van der Waals surface area contributed by atoms with Crippen LogP contribution in [-0.4, -0.2) is 33.8 Å². The number of fused-ring (bicyclic) bond motifs is 5. The molecule has 128 valence electrons. The maximum atomic E-state index is 12.8. The van der Waals surface area contributed by atoms with Gasteiger partial charge in [0.05, 0.1) is 30.6 Å². The first-order chi connectivity index (χ1) is 12.1. The van der Waals surface area contributed by atoms with Gasteiger partial charge in [-0.05, 0) is 30.5 Å². The SMILES string of the molecule is O=C1C2C3CCC(O3)C2C(=O)N1c1ccn(Cc2cccc(Cl)c2)n1. The number of aromatic nitrogens is 2. The molecule has 0 N–H and O–H groups in total. The van der Waals surface area contributed by atoms with Crippen LogP contribution in [0.4, 0.5) is 5.82 Å². The summed E-state index contributed by atoms with van der Waals surface area (Å²) in [5.74, 6) is -0.607. The van der Waals surface area contributed by atoms with E-state index in [-0.39, 0.29) is 35.9 Å². The lowest BCUT2D eigenvalue weighted by atomic mass is 9.81. The number of amides is 2. The Balaban J connectivity index is 1.40. The summed E-state index contributed by atoms with van der Waals surface area (Å²) in [6.07, 6.45) is 3.29.